The van der Waals surface area contributed by atoms with E-state index in [1.54, 1.807) is 17.5 Å². The second kappa shape index (κ2) is 4.43. The molecule has 0 atom stereocenters. The molecule has 0 radical (unpaired) electrons. The van der Waals surface area contributed by atoms with Crippen molar-refractivity contribution in [2.75, 3.05) is 0 Å². The molecule has 0 amide bonds. The molecule has 2 heterocycles. The molecule has 1 aromatic carbocycles. The van der Waals surface area contributed by atoms with Crippen LogP contribution < -0.4 is 0 Å². The fraction of sp³-hybridized carbons (Fsp3) is 0. The lowest BCUT2D eigenvalue weighted by Gasteiger charge is -1.99. The van der Waals surface area contributed by atoms with Gasteiger partial charge in [-0.25, -0.2) is 4.98 Å². The number of nitrogens with zero attached hydrogens (tertiary/aromatic N) is 3. The van der Waals surface area contributed by atoms with Gasteiger partial charge in [-0.1, -0.05) is 36.4 Å². The summed E-state index contributed by atoms with van der Waals surface area (Å²) in [6, 6.07) is 13.9. The molecule has 0 spiro atoms. The Kier molecular flexibility index (Phi) is 2.63. The van der Waals surface area contributed by atoms with E-state index in [4.69, 9.17) is 0 Å². The maximum atomic E-state index is 4.33. The minimum absolute atomic E-state index is 0.680. The molecule has 0 N–H and O–H groups in total. The minimum atomic E-state index is 0.680. The highest BCUT2D eigenvalue weighted by atomic mass is 32.1. The monoisotopic (exact) mass is 239 g/mol. The van der Waals surface area contributed by atoms with Gasteiger partial charge >= 0.3 is 0 Å². The fourth-order valence-corrected chi connectivity index (χ4v) is 2.19. The van der Waals surface area contributed by atoms with E-state index in [1.807, 2.05) is 47.8 Å². The summed E-state index contributed by atoms with van der Waals surface area (Å²) in [4.78, 5) is 5.37. The quantitative estimate of drug-likeness (QED) is 0.689. The van der Waals surface area contributed by atoms with Gasteiger partial charge in [-0.15, -0.1) is 21.5 Å². The van der Waals surface area contributed by atoms with E-state index in [2.05, 4.69) is 15.2 Å². The highest BCUT2D eigenvalue weighted by molar-refractivity contribution is 7.13. The zero-order valence-corrected chi connectivity index (χ0v) is 9.76. The Labute approximate surface area is 103 Å². The van der Waals surface area contributed by atoms with Crippen molar-refractivity contribution in [3.05, 3.63) is 54.0 Å². The predicted molar refractivity (Wildman–Crippen MR) is 68.6 cm³/mol. The Morgan fingerprint density at radius 1 is 0.882 bits per heavy atom. The molecule has 3 aromatic rings. The zero-order valence-electron chi connectivity index (χ0n) is 8.95. The van der Waals surface area contributed by atoms with E-state index < -0.39 is 0 Å². The SMILES string of the molecule is c1ccc(-c2cnc(-c3cccs3)nn2)cc1. The summed E-state index contributed by atoms with van der Waals surface area (Å²) in [6.45, 7) is 0. The molecule has 17 heavy (non-hydrogen) atoms. The predicted octanol–water partition coefficient (Wildman–Crippen LogP) is 3.27. The van der Waals surface area contributed by atoms with Crippen molar-refractivity contribution in [2.45, 2.75) is 0 Å². The van der Waals surface area contributed by atoms with Crippen molar-refractivity contribution < 1.29 is 0 Å². The molecular formula is C13H9N3S. The summed E-state index contributed by atoms with van der Waals surface area (Å²) < 4.78 is 0. The summed E-state index contributed by atoms with van der Waals surface area (Å²) in [5.41, 5.74) is 1.83. The van der Waals surface area contributed by atoms with Crippen molar-refractivity contribution in [1.82, 2.24) is 15.2 Å². The van der Waals surface area contributed by atoms with E-state index >= 15 is 0 Å². The molecule has 0 aliphatic rings. The first-order valence-electron chi connectivity index (χ1n) is 5.22. The first-order valence-corrected chi connectivity index (χ1v) is 6.10. The molecular weight excluding hydrogens is 230 g/mol. The summed E-state index contributed by atoms with van der Waals surface area (Å²) in [7, 11) is 0. The zero-order chi connectivity index (χ0) is 11.5. The van der Waals surface area contributed by atoms with E-state index in [-0.39, 0.29) is 0 Å². The van der Waals surface area contributed by atoms with Gasteiger partial charge in [0.25, 0.3) is 0 Å². The maximum absolute atomic E-state index is 4.33. The van der Waals surface area contributed by atoms with Crippen LogP contribution in [-0.2, 0) is 0 Å². The summed E-state index contributed by atoms with van der Waals surface area (Å²) in [5, 5.41) is 10.3. The normalized spacial score (nSPS) is 10.4. The van der Waals surface area contributed by atoms with Crippen LogP contribution in [0.4, 0.5) is 0 Å². The third-order valence-corrected chi connectivity index (χ3v) is 3.24. The summed E-state index contributed by atoms with van der Waals surface area (Å²) in [5.74, 6) is 0.680. The molecule has 3 nitrogen and oxygen atoms in total. The Morgan fingerprint density at radius 2 is 1.76 bits per heavy atom. The van der Waals surface area contributed by atoms with Gasteiger partial charge in [-0.05, 0) is 11.4 Å². The second-order valence-corrected chi connectivity index (χ2v) is 4.46. The molecule has 0 aliphatic heterocycles. The number of rotatable bonds is 2. The first kappa shape index (κ1) is 10.1. The van der Waals surface area contributed by atoms with Crippen molar-refractivity contribution >= 4 is 11.3 Å². The van der Waals surface area contributed by atoms with Crippen LogP contribution in [0.1, 0.15) is 0 Å². The van der Waals surface area contributed by atoms with Crippen LogP contribution in [-0.4, -0.2) is 15.2 Å². The topological polar surface area (TPSA) is 38.7 Å². The Balaban J connectivity index is 1.96. The highest BCUT2D eigenvalue weighted by Crippen LogP contribution is 2.21. The van der Waals surface area contributed by atoms with Crippen molar-refractivity contribution in [2.24, 2.45) is 0 Å². The molecule has 82 valence electrons. The molecule has 0 aliphatic carbocycles. The first-order chi connectivity index (χ1) is 8.43. The maximum Gasteiger partial charge on any atom is 0.191 e. The van der Waals surface area contributed by atoms with Gasteiger partial charge in [0, 0.05) is 5.56 Å². The van der Waals surface area contributed by atoms with Crippen molar-refractivity contribution in [3.8, 4) is 22.0 Å². The van der Waals surface area contributed by atoms with Crippen molar-refractivity contribution in [1.29, 1.82) is 0 Å². The van der Waals surface area contributed by atoms with Crippen LogP contribution in [0.3, 0.4) is 0 Å². The van der Waals surface area contributed by atoms with E-state index in [1.165, 1.54) is 0 Å². The lowest BCUT2D eigenvalue weighted by Crippen LogP contribution is -1.93. The van der Waals surface area contributed by atoms with Gasteiger partial charge in [-0.3, -0.25) is 0 Å². The summed E-state index contributed by atoms with van der Waals surface area (Å²) in [6.07, 6.45) is 1.76. The molecule has 2 aromatic heterocycles. The number of hydrogen-bond acceptors (Lipinski definition) is 4. The highest BCUT2D eigenvalue weighted by Gasteiger charge is 2.04. The van der Waals surface area contributed by atoms with Gasteiger partial charge in [-0.2, -0.15) is 0 Å². The Bertz CT molecular complexity index is 588. The van der Waals surface area contributed by atoms with Crippen LogP contribution in [0, 0.1) is 0 Å². The molecule has 3 rings (SSSR count). The average Bonchev–Trinajstić information content (AvgIpc) is 2.94. The molecule has 0 saturated carbocycles. The molecule has 0 unspecified atom stereocenters. The molecule has 0 bridgehead atoms. The Hall–Kier alpha value is -2.07. The van der Waals surface area contributed by atoms with Gasteiger partial charge in [0.1, 0.15) is 5.69 Å². The number of hydrogen-bond donors (Lipinski definition) is 0. The van der Waals surface area contributed by atoms with Crippen LogP contribution in [0.5, 0.6) is 0 Å². The van der Waals surface area contributed by atoms with Crippen LogP contribution in [0.2, 0.25) is 0 Å². The fourth-order valence-electron chi connectivity index (χ4n) is 1.54. The van der Waals surface area contributed by atoms with E-state index in [0.717, 1.165) is 16.1 Å². The number of benzene rings is 1. The van der Waals surface area contributed by atoms with Crippen LogP contribution in [0.25, 0.3) is 22.0 Å². The number of aromatic nitrogens is 3. The van der Waals surface area contributed by atoms with Crippen LogP contribution in [0.15, 0.2) is 54.0 Å². The van der Waals surface area contributed by atoms with Crippen molar-refractivity contribution in [3.63, 3.8) is 0 Å². The standard InChI is InChI=1S/C13H9N3S/c1-2-5-10(6-3-1)11-9-14-13(16-15-11)12-7-4-8-17-12/h1-9H. The summed E-state index contributed by atoms with van der Waals surface area (Å²) >= 11 is 1.61. The third-order valence-electron chi connectivity index (χ3n) is 2.37. The van der Waals surface area contributed by atoms with Gasteiger partial charge in [0.15, 0.2) is 5.82 Å². The smallest absolute Gasteiger partial charge is 0.191 e. The van der Waals surface area contributed by atoms with Crippen LogP contribution >= 0.6 is 11.3 Å². The molecule has 4 heteroatoms. The largest absolute Gasteiger partial charge is 0.232 e. The minimum Gasteiger partial charge on any atom is -0.232 e. The van der Waals surface area contributed by atoms with Gasteiger partial charge in [0.05, 0.1) is 11.1 Å². The van der Waals surface area contributed by atoms with E-state index in [0.29, 0.717) is 5.82 Å². The van der Waals surface area contributed by atoms with Gasteiger partial charge < -0.3 is 0 Å². The number of thiophene rings is 1. The van der Waals surface area contributed by atoms with Gasteiger partial charge in [0.2, 0.25) is 0 Å². The lowest BCUT2D eigenvalue weighted by molar-refractivity contribution is 0.991. The Morgan fingerprint density at radius 3 is 2.41 bits per heavy atom. The average molecular weight is 239 g/mol. The third kappa shape index (κ3) is 2.07. The molecule has 0 saturated heterocycles. The second-order valence-electron chi connectivity index (χ2n) is 3.51. The molecule has 0 fully saturated rings. The lowest BCUT2D eigenvalue weighted by atomic mass is 10.2. The van der Waals surface area contributed by atoms with E-state index in [9.17, 15) is 0 Å².